The highest BCUT2D eigenvalue weighted by Gasteiger charge is 2.29. The number of nitrogens with one attached hydrogen (secondary N) is 2. The van der Waals surface area contributed by atoms with Crippen LogP contribution in [0.3, 0.4) is 0 Å². The molecular weight excluding hydrogens is 591 g/mol. The van der Waals surface area contributed by atoms with Gasteiger partial charge < -0.3 is 24.8 Å². The van der Waals surface area contributed by atoms with Crippen LogP contribution in [0.1, 0.15) is 37.2 Å². The highest BCUT2D eigenvalue weighted by molar-refractivity contribution is 6.05. The molecule has 5 aromatic rings. The monoisotopic (exact) mass is 624 g/mol. The summed E-state index contributed by atoms with van der Waals surface area (Å²) in [6.45, 7) is 0.868. The molecule has 4 heterocycles. The van der Waals surface area contributed by atoms with Crippen LogP contribution in [-0.2, 0) is 4.79 Å². The summed E-state index contributed by atoms with van der Waals surface area (Å²) in [7, 11) is 4.99. The van der Waals surface area contributed by atoms with Crippen molar-refractivity contribution in [3.05, 3.63) is 72.7 Å². The second-order valence-electron chi connectivity index (χ2n) is 11.5. The van der Waals surface area contributed by atoms with Gasteiger partial charge in [0.2, 0.25) is 0 Å². The number of carbonyl (C=O) groups is 1. The number of anilines is 3. The molecule has 0 radical (unpaired) electrons. The zero-order valence-corrected chi connectivity index (χ0v) is 25.7. The third-order valence-electron chi connectivity index (χ3n) is 8.42. The van der Waals surface area contributed by atoms with Crippen LogP contribution in [0.4, 0.5) is 21.6 Å². The Balaban J connectivity index is 1.20. The minimum Gasteiger partial charge on any atom is -0.494 e. The van der Waals surface area contributed by atoms with Crippen molar-refractivity contribution >= 4 is 39.6 Å². The molecule has 236 valence electrons. The van der Waals surface area contributed by atoms with E-state index in [9.17, 15) is 9.18 Å². The molecule has 0 spiro atoms. The van der Waals surface area contributed by atoms with Gasteiger partial charge in [0.25, 0.3) is 5.91 Å². The van der Waals surface area contributed by atoms with Crippen molar-refractivity contribution in [1.82, 2.24) is 29.5 Å². The van der Waals surface area contributed by atoms with Gasteiger partial charge in [-0.15, -0.1) is 0 Å². The molecule has 0 bridgehead atoms. The summed E-state index contributed by atoms with van der Waals surface area (Å²) >= 11 is 0. The number of rotatable bonds is 10. The van der Waals surface area contributed by atoms with Crippen LogP contribution >= 0.6 is 0 Å². The topological polar surface area (TPSA) is 128 Å². The fraction of sp³-hybridized carbons (Fsp3) is 0.303. The molecule has 2 aliphatic rings. The first-order valence-corrected chi connectivity index (χ1v) is 15.1. The maximum absolute atomic E-state index is 15.0. The van der Waals surface area contributed by atoms with Gasteiger partial charge in [-0.05, 0) is 69.5 Å². The van der Waals surface area contributed by atoms with Crippen LogP contribution in [0.25, 0.3) is 16.6 Å². The standard InChI is InChI=1S/C33H33FN8O4/c1-41-9-4-5-20(41)11-24(34)33(43)40-27-14-23-25(15-29(27)44-2)35-17-37-32(23)39-26-13-22(19-6-7-19)28(16-30(26)45-3)46-21-8-10-42-31(12-21)36-18-38-42/h8,10-20H,4-7,9H2,1-3H3,(H,40,43)(H,35,37,39)/b24-11-/t20-/m1/s1. The maximum atomic E-state index is 15.0. The van der Waals surface area contributed by atoms with Crippen LogP contribution in [0.2, 0.25) is 0 Å². The van der Waals surface area contributed by atoms with E-state index in [2.05, 4.69) is 30.7 Å². The number of halogens is 1. The molecule has 2 aromatic carbocycles. The third-order valence-corrected chi connectivity index (χ3v) is 8.42. The Hall–Kier alpha value is -5.30. The first kappa shape index (κ1) is 29.4. The molecule has 1 aliphatic carbocycles. The fourth-order valence-corrected chi connectivity index (χ4v) is 5.78. The van der Waals surface area contributed by atoms with E-state index in [4.69, 9.17) is 14.2 Å². The molecule has 1 saturated heterocycles. The zero-order valence-electron chi connectivity index (χ0n) is 25.7. The van der Waals surface area contributed by atoms with Gasteiger partial charge >= 0.3 is 0 Å². The molecule has 12 nitrogen and oxygen atoms in total. The maximum Gasteiger partial charge on any atom is 0.284 e. The van der Waals surface area contributed by atoms with Crippen LogP contribution in [0.15, 0.2) is 67.2 Å². The summed E-state index contributed by atoms with van der Waals surface area (Å²) in [5, 5.41) is 10.8. The van der Waals surface area contributed by atoms with E-state index in [0.717, 1.165) is 37.8 Å². The lowest BCUT2D eigenvalue weighted by Crippen LogP contribution is -2.24. The van der Waals surface area contributed by atoms with Crippen molar-refractivity contribution in [2.75, 3.05) is 38.4 Å². The lowest BCUT2D eigenvalue weighted by atomic mass is 10.1. The van der Waals surface area contributed by atoms with E-state index in [1.807, 2.05) is 36.2 Å². The summed E-state index contributed by atoms with van der Waals surface area (Å²) < 4.78 is 34.3. The second-order valence-corrected chi connectivity index (χ2v) is 11.5. The van der Waals surface area contributed by atoms with Gasteiger partial charge in [-0.2, -0.15) is 5.10 Å². The fourth-order valence-electron chi connectivity index (χ4n) is 5.78. The van der Waals surface area contributed by atoms with Crippen molar-refractivity contribution in [3.63, 3.8) is 0 Å². The number of carbonyl (C=O) groups excluding carboxylic acids is 1. The Morgan fingerprint density at radius 3 is 2.57 bits per heavy atom. The van der Waals surface area contributed by atoms with Gasteiger partial charge in [-0.1, -0.05) is 0 Å². The Morgan fingerprint density at radius 1 is 0.978 bits per heavy atom. The van der Waals surface area contributed by atoms with Crippen molar-refractivity contribution in [2.45, 2.75) is 37.6 Å². The van der Waals surface area contributed by atoms with Crippen LogP contribution in [0, 0.1) is 0 Å². The molecule has 1 atom stereocenters. The zero-order chi connectivity index (χ0) is 31.8. The lowest BCUT2D eigenvalue weighted by Gasteiger charge is -2.18. The number of likely N-dealkylation sites (tertiary alicyclic amines) is 1. The van der Waals surface area contributed by atoms with Crippen molar-refractivity contribution in [1.29, 1.82) is 0 Å². The summed E-state index contributed by atoms with van der Waals surface area (Å²) in [4.78, 5) is 28.1. The summed E-state index contributed by atoms with van der Waals surface area (Å²) in [6, 6.07) is 10.8. The SMILES string of the molecule is COc1cc2ncnc(Nc3cc(C4CC4)c(Oc4ccn5ncnc5c4)cc3OC)c2cc1NC(=O)/C(F)=C/[C@H]1CCCN1C. The van der Waals surface area contributed by atoms with Crippen LogP contribution in [-0.4, -0.2) is 69.2 Å². The number of hydrogen-bond donors (Lipinski definition) is 2. The van der Waals surface area contributed by atoms with Crippen molar-refractivity contribution in [2.24, 2.45) is 0 Å². The molecule has 46 heavy (non-hydrogen) atoms. The molecule has 13 heteroatoms. The minimum absolute atomic E-state index is 0.113. The third kappa shape index (κ3) is 5.88. The van der Waals surface area contributed by atoms with Gasteiger partial charge in [0.15, 0.2) is 11.5 Å². The van der Waals surface area contributed by atoms with E-state index in [0.29, 0.717) is 62.7 Å². The van der Waals surface area contributed by atoms with Gasteiger partial charge in [-0.3, -0.25) is 9.69 Å². The normalized spacial score (nSPS) is 17.0. The summed E-state index contributed by atoms with van der Waals surface area (Å²) in [5.41, 5.74) is 3.26. The van der Waals surface area contributed by atoms with E-state index in [-0.39, 0.29) is 6.04 Å². The minimum atomic E-state index is -0.848. The first-order chi connectivity index (χ1) is 22.4. The Kier molecular flexibility index (Phi) is 7.83. The van der Waals surface area contributed by atoms with Crippen molar-refractivity contribution in [3.8, 4) is 23.0 Å². The molecular formula is C33H33FN8O4. The second kappa shape index (κ2) is 12.2. The van der Waals surface area contributed by atoms with E-state index >= 15 is 0 Å². The van der Waals surface area contributed by atoms with Crippen molar-refractivity contribution < 1.29 is 23.4 Å². The largest absolute Gasteiger partial charge is 0.494 e. The Morgan fingerprint density at radius 2 is 1.80 bits per heavy atom. The quantitative estimate of drug-likeness (QED) is 0.179. The number of aromatic nitrogens is 5. The van der Waals surface area contributed by atoms with Gasteiger partial charge in [0.1, 0.15) is 41.5 Å². The molecule has 1 amide bonds. The molecule has 7 rings (SSSR count). The number of likely N-dealkylation sites (N-methyl/N-ethyl adjacent to an activating group) is 1. The molecule has 2 fully saturated rings. The predicted octanol–water partition coefficient (Wildman–Crippen LogP) is 5.99. The number of pyridine rings is 1. The Bertz CT molecular complexity index is 1970. The number of ether oxygens (including phenoxy) is 3. The van der Waals surface area contributed by atoms with E-state index < -0.39 is 11.7 Å². The molecule has 1 saturated carbocycles. The smallest absolute Gasteiger partial charge is 0.284 e. The molecule has 0 unspecified atom stereocenters. The average molecular weight is 625 g/mol. The Labute approximate surface area is 264 Å². The highest BCUT2D eigenvalue weighted by atomic mass is 19.1. The summed E-state index contributed by atoms with van der Waals surface area (Å²) in [6.07, 6.45) is 9.97. The number of nitrogens with zero attached hydrogens (tertiary/aromatic N) is 6. The van der Waals surface area contributed by atoms with E-state index in [1.54, 1.807) is 30.0 Å². The molecule has 3 aromatic heterocycles. The molecule has 2 N–H and O–H groups in total. The van der Waals surface area contributed by atoms with Gasteiger partial charge in [0.05, 0.1) is 31.1 Å². The van der Waals surface area contributed by atoms with Gasteiger partial charge in [0, 0.05) is 41.4 Å². The van der Waals surface area contributed by atoms with E-state index in [1.165, 1.54) is 25.8 Å². The summed E-state index contributed by atoms with van der Waals surface area (Å²) in [5.74, 6) is 1.34. The van der Waals surface area contributed by atoms with Crippen LogP contribution < -0.4 is 24.8 Å². The number of methoxy groups -OCH3 is 2. The number of amides is 1. The van der Waals surface area contributed by atoms with Crippen LogP contribution in [0.5, 0.6) is 23.0 Å². The average Bonchev–Trinajstić information content (AvgIpc) is 3.67. The van der Waals surface area contributed by atoms with Gasteiger partial charge in [-0.25, -0.2) is 23.9 Å². The predicted molar refractivity (Wildman–Crippen MR) is 171 cm³/mol. The lowest BCUT2D eigenvalue weighted by molar-refractivity contribution is -0.114. The first-order valence-electron chi connectivity index (χ1n) is 15.1. The molecule has 1 aliphatic heterocycles. The highest BCUT2D eigenvalue weighted by Crippen LogP contribution is 2.49. The number of fused-ring (bicyclic) bond motifs is 2. The number of benzene rings is 2. The number of hydrogen-bond acceptors (Lipinski definition) is 10.